The Morgan fingerprint density at radius 3 is 2.36 bits per heavy atom. The van der Waals surface area contributed by atoms with E-state index in [9.17, 15) is 4.79 Å². The van der Waals surface area contributed by atoms with Crippen LogP contribution < -0.4 is 15.4 Å². The fourth-order valence-corrected chi connectivity index (χ4v) is 2.34. The maximum atomic E-state index is 12.0. The number of aromatic nitrogens is 2. The minimum Gasteiger partial charge on any atom is -0.480 e. The lowest BCUT2D eigenvalue weighted by Crippen LogP contribution is -2.19. The quantitative estimate of drug-likeness (QED) is 0.725. The Kier molecular flexibility index (Phi) is 5.11. The SMILES string of the molecule is COc1ccc(-c2ccc(NC(=O)Nc3ccccc3Cl)cc2)nn1. The molecule has 0 aliphatic carbocycles. The van der Waals surface area contributed by atoms with Gasteiger partial charge in [-0.2, -0.15) is 0 Å². The van der Waals surface area contributed by atoms with Crippen LogP contribution in [0.5, 0.6) is 5.88 Å². The summed E-state index contributed by atoms with van der Waals surface area (Å²) in [7, 11) is 1.54. The van der Waals surface area contributed by atoms with E-state index in [2.05, 4.69) is 20.8 Å². The molecule has 0 unspecified atom stereocenters. The lowest BCUT2D eigenvalue weighted by molar-refractivity contribution is 0.262. The van der Waals surface area contributed by atoms with E-state index >= 15 is 0 Å². The molecule has 0 radical (unpaired) electrons. The van der Waals surface area contributed by atoms with Crippen LogP contribution in [0.1, 0.15) is 0 Å². The normalized spacial score (nSPS) is 10.2. The Hall–Kier alpha value is -3.12. The second kappa shape index (κ2) is 7.63. The van der Waals surface area contributed by atoms with Crippen LogP contribution in [0.25, 0.3) is 11.3 Å². The van der Waals surface area contributed by atoms with Crippen molar-refractivity contribution in [2.45, 2.75) is 0 Å². The zero-order valence-electron chi connectivity index (χ0n) is 13.4. The number of para-hydroxylation sites is 1. The molecule has 2 aromatic carbocycles. The summed E-state index contributed by atoms with van der Waals surface area (Å²) in [5, 5.41) is 13.9. The predicted molar refractivity (Wildman–Crippen MR) is 98.1 cm³/mol. The van der Waals surface area contributed by atoms with Gasteiger partial charge in [0.1, 0.15) is 0 Å². The molecule has 1 aromatic heterocycles. The molecule has 0 saturated carbocycles. The van der Waals surface area contributed by atoms with Crippen molar-refractivity contribution in [2.75, 3.05) is 17.7 Å². The summed E-state index contributed by atoms with van der Waals surface area (Å²) >= 11 is 6.02. The van der Waals surface area contributed by atoms with Gasteiger partial charge in [0.25, 0.3) is 0 Å². The van der Waals surface area contributed by atoms with Crippen molar-refractivity contribution in [2.24, 2.45) is 0 Å². The van der Waals surface area contributed by atoms with Crippen molar-refractivity contribution in [3.8, 4) is 17.1 Å². The molecule has 0 bridgehead atoms. The molecule has 2 N–H and O–H groups in total. The molecule has 6 nitrogen and oxygen atoms in total. The molecule has 0 aliphatic heterocycles. The van der Waals surface area contributed by atoms with Crippen LogP contribution in [0, 0.1) is 0 Å². The Morgan fingerprint density at radius 1 is 0.960 bits per heavy atom. The number of rotatable bonds is 4. The number of amides is 2. The molecule has 0 saturated heterocycles. The Bertz CT molecular complexity index is 867. The maximum Gasteiger partial charge on any atom is 0.323 e. The summed E-state index contributed by atoms with van der Waals surface area (Å²) in [4.78, 5) is 12.0. The van der Waals surface area contributed by atoms with E-state index in [0.29, 0.717) is 28.0 Å². The van der Waals surface area contributed by atoms with E-state index in [0.717, 1.165) is 5.56 Å². The Labute approximate surface area is 149 Å². The van der Waals surface area contributed by atoms with Gasteiger partial charge >= 0.3 is 6.03 Å². The average Bonchev–Trinajstić information content (AvgIpc) is 2.64. The van der Waals surface area contributed by atoms with Crippen LogP contribution in [-0.4, -0.2) is 23.3 Å². The van der Waals surface area contributed by atoms with E-state index in [4.69, 9.17) is 16.3 Å². The standard InChI is InChI=1S/C18H15ClN4O2/c1-25-17-11-10-15(22-23-17)12-6-8-13(9-7-12)20-18(24)21-16-5-3-2-4-14(16)19/h2-11H,1H3,(H2,20,21,24). The molecular weight excluding hydrogens is 340 g/mol. The molecule has 0 spiro atoms. The smallest absolute Gasteiger partial charge is 0.323 e. The minimum absolute atomic E-state index is 0.370. The first-order valence-corrected chi connectivity index (χ1v) is 7.84. The number of nitrogens with zero attached hydrogens (tertiary/aromatic N) is 2. The number of benzene rings is 2. The molecule has 3 rings (SSSR count). The fourth-order valence-electron chi connectivity index (χ4n) is 2.15. The summed E-state index contributed by atoms with van der Waals surface area (Å²) in [5.41, 5.74) is 2.79. The largest absolute Gasteiger partial charge is 0.480 e. The highest BCUT2D eigenvalue weighted by Gasteiger charge is 2.06. The first-order chi connectivity index (χ1) is 12.2. The summed E-state index contributed by atoms with van der Waals surface area (Å²) in [6.45, 7) is 0. The van der Waals surface area contributed by atoms with Gasteiger partial charge in [0.15, 0.2) is 0 Å². The van der Waals surface area contributed by atoms with Crippen LogP contribution in [0.15, 0.2) is 60.7 Å². The zero-order valence-corrected chi connectivity index (χ0v) is 14.1. The van der Waals surface area contributed by atoms with Crippen LogP contribution in [-0.2, 0) is 0 Å². The van der Waals surface area contributed by atoms with Crippen molar-refractivity contribution < 1.29 is 9.53 Å². The number of anilines is 2. The highest BCUT2D eigenvalue weighted by Crippen LogP contribution is 2.22. The van der Waals surface area contributed by atoms with Crippen molar-refractivity contribution in [3.63, 3.8) is 0 Å². The van der Waals surface area contributed by atoms with Crippen molar-refractivity contribution >= 4 is 29.0 Å². The molecule has 3 aromatic rings. The van der Waals surface area contributed by atoms with Crippen molar-refractivity contribution in [3.05, 3.63) is 65.7 Å². The molecular formula is C18H15ClN4O2. The van der Waals surface area contributed by atoms with E-state index in [-0.39, 0.29) is 6.03 Å². The molecule has 0 fully saturated rings. The number of hydrogen-bond acceptors (Lipinski definition) is 4. The van der Waals surface area contributed by atoms with Gasteiger partial charge in [0.05, 0.1) is 23.5 Å². The number of carbonyl (C=O) groups is 1. The Morgan fingerprint density at radius 2 is 1.72 bits per heavy atom. The number of hydrogen-bond donors (Lipinski definition) is 2. The van der Waals surface area contributed by atoms with Gasteiger partial charge in [0, 0.05) is 17.3 Å². The van der Waals surface area contributed by atoms with Gasteiger partial charge in [-0.15, -0.1) is 10.2 Å². The van der Waals surface area contributed by atoms with E-state index in [1.807, 2.05) is 18.2 Å². The number of carbonyl (C=O) groups excluding carboxylic acids is 1. The summed E-state index contributed by atoms with van der Waals surface area (Å²) < 4.78 is 4.99. The second-order valence-corrected chi connectivity index (χ2v) is 5.50. The molecule has 0 atom stereocenters. The Balaban J connectivity index is 1.65. The van der Waals surface area contributed by atoms with Crippen molar-refractivity contribution in [1.82, 2.24) is 10.2 Å². The van der Waals surface area contributed by atoms with Crippen LogP contribution in [0.2, 0.25) is 5.02 Å². The van der Waals surface area contributed by atoms with Gasteiger partial charge in [-0.05, 0) is 30.3 Å². The third kappa shape index (κ3) is 4.24. The van der Waals surface area contributed by atoms with Crippen LogP contribution in [0.3, 0.4) is 0 Å². The highest BCUT2D eigenvalue weighted by atomic mass is 35.5. The zero-order chi connectivity index (χ0) is 17.6. The fraction of sp³-hybridized carbons (Fsp3) is 0.0556. The average molecular weight is 355 g/mol. The molecule has 1 heterocycles. The van der Waals surface area contributed by atoms with Crippen molar-refractivity contribution in [1.29, 1.82) is 0 Å². The van der Waals surface area contributed by atoms with Gasteiger partial charge in [0.2, 0.25) is 5.88 Å². The highest BCUT2D eigenvalue weighted by molar-refractivity contribution is 6.33. The lowest BCUT2D eigenvalue weighted by atomic mass is 10.1. The van der Waals surface area contributed by atoms with E-state index in [1.165, 1.54) is 7.11 Å². The van der Waals surface area contributed by atoms with Crippen LogP contribution >= 0.6 is 11.6 Å². The monoisotopic (exact) mass is 354 g/mol. The van der Waals surface area contributed by atoms with Gasteiger partial charge in [-0.3, -0.25) is 0 Å². The maximum absolute atomic E-state index is 12.0. The number of nitrogens with one attached hydrogen (secondary N) is 2. The number of ether oxygens (including phenoxy) is 1. The molecule has 126 valence electrons. The molecule has 0 aliphatic rings. The topological polar surface area (TPSA) is 76.1 Å². The third-order valence-electron chi connectivity index (χ3n) is 3.41. The summed E-state index contributed by atoms with van der Waals surface area (Å²) in [6.07, 6.45) is 0. The number of methoxy groups -OCH3 is 1. The van der Waals surface area contributed by atoms with E-state index in [1.54, 1.807) is 42.5 Å². The molecule has 7 heteroatoms. The predicted octanol–water partition coefficient (Wildman–Crippen LogP) is 4.45. The van der Waals surface area contributed by atoms with E-state index < -0.39 is 0 Å². The third-order valence-corrected chi connectivity index (χ3v) is 3.74. The van der Waals surface area contributed by atoms with Gasteiger partial charge < -0.3 is 15.4 Å². The minimum atomic E-state index is -0.370. The summed E-state index contributed by atoms with van der Waals surface area (Å²) in [5.74, 6) is 0.457. The first-order valence-electron chi connectivity index (χ1n) is 7.46. The van der Waals surface area contributed by atoms with Crippen LogP contribution in [0.4, 0.5) is 16.2 Å². The van der Waals surface area contributed by atoms with Gasteiger partial charge in [-0.25, -0.2) is 4.79 Å². The molecule has 2 amide bonds. The van der Waals surface area contributed by atoms with Gasteiger partial charge in [-0.1, -0.05) is 35.9 Å². The summed E-state index contributed by atoms with van der Waals surface area (Å²) in [6, 6.07) is 17.5. The number of halogens is 1. The lowest BCUT2D eigenvalue weighted by Gasteiger charge is -2.09. The first kappa shape index (κ1) is 16.7. The molecule has 25 heavy (non-hydrogen) atoms. The number of urea groups is 1. The second-order valence-electron chi connectivity index (χ2n) is 5.10.